The van der Waals surface area contributed by atoms with E-state index in [-0.39, 0.29) is 0 Å². The van der Waals surface area contributed by atoms with Crippen molar-refractivity contribution in [3.05, 3.63) is 0 Å². The summed E-state index contributed by atoms with van der Waals surface area (Å²) in [6, 6.07) is -0.581. The molecule has 24 heavy (non-hydrogen) atoms. The second kappa shape index (κ2) is 6.35. The van der Waals surface area contributed by atoms with Crippen molar-refractivity contribution in [2.24, 2.45) is 17.3 Å². The normalized spacial score (nSPS) is 36.2. The molecule has 2 atom stereocenters. The zero-order chi connectivity index (χ0) is 17.4. The first-order valence-corrected chi connectivity index (χ1v) is 8.81. The van der Waals surface area contributed by atoms with Crippen LogP contribution in [0.15, 0.2) is 0 Å². The summed E-state index contributed by atoms with van der Waals surface area (Å²) < 4.78 is 5.20. The quantitative estimate of drug-likeness (QED) is 0.651. The highest BCUT2D eigenvalue weighted by atomic mass is 16.5. The third-order valence-corrected chi connectivity index (χ3v) is 5.59. The molecule has 0 spiro atoms. The molecule has 0 saturated heterocycles. The topological polar surface area (TPSA) is 105 Å². The number of urea groups is 1. The van der Waals surface area contributed by atoms with Gasteiger partial charge in [0.05, 0.1) is 11.0 Å². The minimum atomic E-state index is -0.745. The van der Waals surface area contributed by atoms with Crippen molar-refractivity contribution >= 4 is 17.9 Å². The Morgan fingerprint density at radius 2 is 1.83 bits per heavy atom. The second-order valence-electron chi connectivity index (χ2n) is 7.85. The number of imide groups is 1. The van der Waals surface area contributed by atoms with Gasteiger partial charge in [0.2, 0.25) is 0 Å². The molecule has 0 aliphatic heterocycles. The van der Waals surface area contributed by atoms with E-state index in [9.17, 15) is 19.5 Å². The van der Waals surface area contributed by atoms with Crippen molar-refractivity contribution in [2.75, 3.05) is 13.2 Å². The van der Waals surface area contributed by atoms with Crippen LogP contribution < -0.4 is 10.6 Å². The molecule has 0 aromatic carbocycles. The first-order chi connectivity index (χ1) is 11.3. The molecule has 0 aromatic heterocycles. The van der Waals surface area contributed by atoms with Crippen LogP contribution in [0.1, 0.15) is 51.9 Å². The SMILES string of the molecule is CCCNC(=O)NC(=O)COC(=O)C12C[C@@H]3C[C@H](CC(O)(C3)C1)C2. The zero-order valence-corrected chi connectivity index (χ0v) is 14.1. The Balaban J connectivity index is 1.52. The number of nitrogens with one attached hydrogen (secondary N) is 2. The van der Waals surface area contributed by atoms with Crippen LogP contribution in [0.25, 0.3) is 0 Å². The van der Waals surface area contributed by atoms with Crippen LogP contribution in [0.5, 0.6) is 0 Å². The van der Waals surface area contributed by atoms with Gasteiger partial charge in [0.1, 0.15) is 0 Å². The van der Waals surface area contributed by atoms with Crippen LogP contribution in [0.3, 0.4) is 0 Å². The Bertz CT molecular complexity index is 533. The Hall–Kier alpha value is -1.63. The van der Waals surface area contributed by atoms with Crippen LogP contribution in [-0.2, 0) is 14.3 Å². The van der Waals surface area contributed by atoms with Gasteiger partial charge in [-0.05, 0) is 56.8 Å². The average Bonchev–Trinajstić information content (AvgIpc) is 2.48. The van der Waals surface area contributed by atoms with E-state index in [1.54, 1.807) is 0 Å². The molecule has 4 rings (SSSR count). The molecule has 4 saturated carbocycles. The fourth-order valence-electron chi connectivity index (χ4n) is 5.18. The van der Waals surface area contributed by atoms with Crippen LogP contribution in [-0.4, -0.2) is 41.8 Å². The Labute approximate surface area is 141 Å². The number of esters is 1. The van der Waals surface area contributed by atoms with Crippen molar-refractivity contribution in [1.82, 2.24) is 10.6 Å². The highest BCUT2D eigenvalue weighted by Gasteiger charge is 2.60. The van der Waals surface area contributed by atoms with Gasteiger partial charge < -0.3 is 15.2 Å². The van der Waals surface area contributed by atoms with Gasteiger partial charge in [-0.1, -0.05) is 6.92 Å². The molecule has 134 valence electrons. The monoisotopic (exact) mass is 338 g/mol. The summed E-state index contributed by atoms with van der Waals surface area (Å²) >= 11 is 0. The number of hydrogen-bond donors (Lipinski definition) is 3. The molecule has 4 fully saturated rings. The number of carbonyl (C=O) groups excluding carboxylic acids is 3. The molecule has 4 aliphatic carbocycles. The van der Waals surface area contributed by atoms with E-state index in [4.69, 9.17) is 4.74 Å². The lowest BCUT2D eigenvalue weighted by atomic mass is 9.48. The molecule has 7 heteroatoms. The molecular weight excluding hydrogens is 312 g/mol. The van der Waals surface area contributed by atoms with E-state index >= 15 is 0 Å². The van der Waals surface area contributed by atoms with E-state index in [0.29, 0.717) is 24.8 Å². The van der Waals surface area contributed by atoms with Gasteiger partial charge in [-0.15, -0.1) is 0 Å². The lowest BCUT2D eigenvalue weighted by Gasteiger charge is -2.58. The van der Waals surface area contributed by atoms with Crippen LogP contribution in [0.4, 0.5) is 4.79 Å². The predicted molar refractivity (Wildman–Crippen MR) is 84.9 cm³/mol. The molecule has 0 radical (unpaired) electrons. The van der Waals surface area contributed by atoms with E-state index < -0.39 is 35.5 Å². The van der Waals surface area contributed by atoms with Crippen molar-refractivity contribution in [3.8, 4) is 0 Å². The van der Waals surface area contributed by atoms with E-state index in [0.717, 1.165) is 38.5 Å². The number of aliphatic hydroxyl groups is 1. The van der Waals surface area contributed by atoms with Crippen LogP contribution >= 0.6 is 0 Å². The highest BCUT2D eigenvalue weighted by Crippen LogP contribution is 2.61. The number of amides is 3. The summed E-state index contributed by atoms with van der Waals surface area (Å²) in [5, 5.41) is 15.3. The summed E-state index contributed by atoms with van der Waals surface area (Å²) in [5.41, 5.74) is -1.39. The van der Waals surface area contributed by atoms with Crippen LogP contribution in [0.2, 0.25) is 0 Å². The number of carbonyl (C=O) groups is 3. The van der Waals surface area contributed by atoms with Gasteiger partial charge in [-0.25, -0.2) is 4.79 Å². The maximum atomic E-state index is 12.6. The van der Waals surface area contributed by atoms with Crippen molar-refractivity contribution in [1.29, 1.82) is 0 Å². The molecule has 0 aromatic rings. The largest absolute Gasteiger partial charge is 0.455 e. The fourth-order valence-corrected chi connectivity index (χ4v) is 5.18. The van der Waals surface area contributed by atoms with Gasteiger partial charge >= 0.3 is 12.0 Å². The summed E-state index contributed by atoms with van der Waals surface area (Å²) in [7, 11) is 0. The number of hydrogen-bond acceptors (Lipinski definition) is 5. The highest BCUT2D eigenvalue weighted by molar-refractivity contribution is 5.95. The molecule has 3 amide bonds. The zero-order valence-electron chi connectivity index (χ0n) is 14.1. The number of rotatable bonds is 5. The van der Waals surface area contributed by atoms with Crippen molar-refractivity contribution < 1.29 is 24.2 Å². The standard InChI is InChI=1S/C17H26N2O5/c1-2-3-18-15(22)19-13(20)9-24-14(21)16-5-11-4-12(6-16)8-17(23,7-11)10-16/h11-12,23H,2-10H2,1H3,(H2,18,19,20,22)/t11-,12-,16?,17?/m0/s1. The molecule has 3 N–H and O–H groups in total. The molecular formula is C17H26N2O5. The molecule has 4 bridgehead atoms. The summed E-state index contributed by atoms with van der Waals surface area (Å²) in [4.78, 5) is 35.7. The van der Waals surface area contributed by atoms with Gasteiger partial charge in [-0.2, -0.15) is 0 Å². The first kappa shape index (κ1) is 17.2. The minimum absolute atomic E-state index is 0.373. The van der Waals surface area contributed by atoms with Crippen molar-refractivity contribution in [3.63, 3.8) is 0 Å². The first-order valence-electron chi connectivity index (χ1n) is 8.81. The van der Waals surface area contributed by atoms with E-state index in [2.05, 4.69) is 10.6 Å². The third-order valence-electron chi connectivity index (χ3n) is 5.59. The van der Waals surface area contributed by atoms with Gasteiger partial charge in [0.25, 0.3) is 5.91 Å². The second-order valence-corrected chi connectivity index (χ2v) is 7.85. The van der Waals surface area contributed by atoms with E-state index in [1.165, 1.54) is 0 Å². The van der Waals surface area contributed by atoms with Gasteiger partial charge in [-0.3, -0.25) is 14.9 Å². The Kier molecular flexibility index (Phi) is 4.55. The summed E-state index contributed by atoms with van der Waals surface area (Å²) in [5.74, 6) is -0.297. The smallest absolute Gasteiger partial charge is 0.321 e. The Morgan fingerprint density at radius 1 is 1.17 bits per heavy atom. The van der Waals surface area contributed by atoms with Crippen molar-refractivity contribution in [2.45, 2.75) is 57.5 Å². The predicted octanol–water partition coefficient (Wildman–Crippen LogP) is 1.10. The summed E-state index contributed by atoms with van der Waals surface area (Å²) in [6.45, 7) is 1.92. The lowest BCUT2D eigenvalue weighted by Crippen LogP contribution is -2.58. The fraction of sp³-hybridized carbons (Fsp3) is 0.824. The molecule has 4 aliphatic rings. The summed E-state index contributed by atoms with van der Waals surface area (Å²) in [6.07, 6.45) is 5.31. The molecule has 0 unspecified atom stereocenters. The van der Waals surface area contributed by atoms with Gasteiger partial charge in [0.15, 0.2) is 6.61 Å². The average molecular weight is 338 g/mol. The van der Waals surface area contributed by atoms with Crippen LogP contribution in [0, 0.1) is 17.3 Å². The maximum Gasteiger partial charge on any atom is 0.321 e. The van der Waals surface area contributed by atoms with E-state index in [1.807, 2.05) is 6.92 Å². The van der Waals surface area contributed by atoms with Gasteiger partial charge in [0, 0.05) is 6.54 Å². The third kappa shape index (κ3) is 3.41. The lowest BCUT2D eigenvalue weighted by molar-refractivity contribution is -0.196. The number of ether oxygens (including phenoxy) is 1. The minimum Gasteiger partial charge on any atom is -0.455 e. The molecule has 0 heterocycles. The maximum absolute atomic E-state index is 12.6. The Morgan fingerprint density at radius 3 is 2.42 bits per heavy atom. The molecule has 7 nitrogen and oxygen atoms in total.